The summed E-state index contributed by atoms with van der Waals surface area (Å²) in [5.74, 6) is 1.53. The van der Waals surface area contributed by atoms with E-state index in [1.807, 2.05) is 4.90 Å². The van der Waals surface area contributed by atoms with Crippen LogP contribution in [0.25, 0.3) is 0 Å². The Morgan fingerprint density at radius 1 is 1.67 bits per heavy atom. The minimum absolute atomic E-state index is 0.181. The molecule has 1 aliphatic heterocycles. The van der Waals surface area contributed by atoms with Gasteiger partial charge in [-0.15, -0.1) is 0 Å². The van der Waals surface area contributed by atoms with E-state index >= 15 is 0 Å². The molecule has 0 aromatic rings. The summed E-state index contributed by atoms with van der Waals surface area (Å²) in [6.45, 7) is 6.08. The number of carbonyl (C=O) groups is 1. The van der Waals surface area contributed by atoms with Crippen LogP contribution in [0.4, 0.5) is 0 Å². The van der Waals surface area contributed by atoms with Crippen molar-refractivity contribution in [2.24, 2.45) is 23.5 Å². The first kappa shape index (κ1) is 8.05. The molecule has 0 radical (unpaired) electrons. The first-order valence-corrected chi connectivity index (χ1v) is 4.65. The third kappa shape index (κ3) is 1.04. The molecule has 1 saturated carbocycles. The van der Waals surface area contributed by atoms with Gasteiger partial charge in [0.05, 0.1) is 5.92 Å². The van der Waals surface area contributed by atoms with Crippen molar-refractivity contribution >= 4 is 5.91 Å². The molecule has 1 saturated heterocycles. The van der Waals surface area contributed by atoms with Crippen molar-refractivity contribution in [3.63, 3.8) is 0 Å². The van der Waals surface area contributed by atoms with Gasteiger partial charge in [0.15, 0.2) is 0 Å². The molecule has 2 aliphatic rings. The SMILES string of the molecule is CC(C)CN1CC2C(N)C2C1=O. The number of nitrogens with two attached hydrogens (primary N) is 1. The smallest absolute Gasteiger partial charge is 0.227 e. The second-order valence-corrected chi connectivity index (χ2v) is 4.40. The maximum Gasteiger partial charge on any atom is 0.227 e. The van der Waals surface area contributed by atoms with Crippen LogP contribution < -0.4 is 5.73 Å². The number of amides is 1. The molecule has 3 nitrogen and oxygen atoms in total. The summed E-state index contributed by atoms with van der Waals surface area (Å²) in [6.07, 6.45) is 0. The highest BCUT2D eigenvalue weighted by atomic mass is 16.2. The van der Waals surface area contributed by atoms with Crippen LogP contribution in [0.1, 0.15) is 13.8 Å². The van der Waals surface area contributed by atoms with Gasteiger partial charge in [-0.25, -0.2) is 0 Å². The van der Waals surface area contributed by atoms with E-state index in [1.54, 1.807) is 0 Å². The molecule has 1 heterocycles. The number of fused-ring (bicyclic) bond motifs is 1. The number of nitrogens with zero attached hydrogens (tertiary/aromatic N) is 1. The number of likely N-dealkylation sites (tertiary alicyclic amines) is 1. The van der Waals surface area contributed by atoms with Gasteiger partial charge in [0.1, 0.15) is 0 Å². The molecule has 3 atom stereocenters. The van der Waals surface area contributed by atoms with Crippen molar-refractivity contribution in [1.29, 1.82) is 0 Å². The fourth-order valence-corrected chi connectivity index (χ4v) is 2.14. The van der Waals surface area contributed by atoms with E-state index < -0.39 is 0 Å². The minimum Gasteiger partial charge on any atom is -0.342 e. The zero-order chi connectivity index (χ0) is 8.88. The number of carbonyl (C=O) groups excluding carboxylic acids is 1. The third-order valence-corrected chi connectivity index (χ3v) is 2.84. The Labute approximate surface area is 72.9 Å². The highest BCUT2D eigenvalue weighted by molar-refractivity contribution is 5.86. The number of hydrogen-bond donors (Lipinski definition) is 1. The summed E-state index contributed by atoms with van der Waals surface area (Å²) in [5.41, 5.74) is 5.71. The van der Waals surface area contributed by atoms with Gasteiger partial charge in [0, 0.05) is 25.0 Å². The lowest BCUT2D eigenvalue weighted by atomic mass is 10.2. The Bertz CT molecular complexity index is 215. The standard InChI is InChI=1S/C9H16N2O/c1-5(2)3-11-4-6-7(8(6)10)9(11)12/h5-8H,3-4,10H2,1-2H3. The van der Waals surface area contributed by atoms with Gasteiger partial charge >= 0.3 is 0 Å². The van der Waals surface area contributed by atoms with E-state index in [1.165, 1.54) is 0 Å². The molecule has 2 fully saturated rings. The maximum absolute atomic E-state index is 11.5. The molecule has 0 aromatic carbocycles. The van der Waals surface area contributed by atoms with Crippen LogP contribution in [0.3, 0.4) is 0 Å². The highest BCUT2D eigenvalue weighted by Gasteiger charge is 2.59. The second kappa shape index (κ2) is 2.46. The molecule has 1 aliphatic carbocycles. The van der Waals surface area contributed by atoms with Gasteiger partial charge in [-0.05, 0) is 5.92 Å². The van der Waals surface area contributed by atoms with Crippen LogP contribution in [0.5, 0.6) is 0 Å². The lowest BCUT2D eigenvalue weighted by Crippen LogP contribution is -2.35. The predicted molar refractivity (Wildman–Crippen MR) is 46.4 cm³/mol. The monoisotopic (exact) mass is 168 g/mol. The van der Waals surface area contributed by atoms with Crippen molar-refractivity contribution in [3.8, 4) is 0 Å². The fraction of sp³-hybridized carbons (Fsp3) is 0.889. The van der Waals surface area contributed by atoms with Gasteiger partial charge in [-0.3, -0.25) is 4.79 Å². The number of piperidine rings is 1. The van der Waals surface area contributed by atoms with Crippen molar-refractivity contribution in [2.75, 3.05) is 13.1 Å². The van der Waals surface area contributed by atoms with Crippen LogP contribution in [-0.2, 0) is 4.79 Å². The quantitative estimate of drug-likeness (QED) is 0.633. The van der Waals surface area contributed by atoms with E-state index in [2.05, 4.69) is 13.8 Å². The summed E-state index contributed by atoms with van der Waals surface area (Å²) in [5, 5.41) is 0. The molecule has 68 valence electrons. The molecule has 2 N–H and O–H groups in total. The van der Waals surface area contributed by atoms with Crippen molar-refractivity contribution < 1.29 is 4.79 Å². The zero-order valence-corrected chi connectivity index (χ0v) is 7.66. The Morgan fingerprint density at radius 3 is 2.75 bits per heavy atom. The van der Waals surface area contributed by atoms with Crippen LogP contribution in [0.2, 0.25) is 0 Å². The molecule has 0 bridgehead atoms. The van der Waals surface area contributed by atoms with Crippen molar-refractivity contribution in [1.82, 2.24) is 4.90 Å². The molecular formula is C9H16N2O. The van der Waals surface area contributed by atoms with Crippen molar-refractivity contribution in [3.05, 3.63) is 0 Å². The van der Waals surface area contributed by atoms with Crippen molar-refractivity contribution in [2.45, 2.75) is 19.9 Å². The first-order valence-electron chi connectivity index (χ1n) is 4.65. The Morgan fingerprint density at radius 2 is 2.33 bits per heavy atom. The average Bonchev–Trinajstić information content (AvgIpc) is 2.44. The number of hydrogen-bond acceptors (Lipinski definition) is 2. The fourth-order valence-electron chi connectivity index (χ4n) is 2.14. The minimum atomic E-state index is 0.181. The largest absolute Gasteiger partial charge is 0.342 e. The van der Waals surface area contributed by atoms with Gasteiger partial charge in [0.25, 0.3) is 0 Å². The summed E-state index contributed by atoms with van der Waals surface area (Å²) in [4.78, 5) is 13.5. The first-order chi connectivity index (χ1) is 5.61. The second-order valence-electron chi connectivity index (χ2n) is 4.40. The molecule has 0 aromatic heterocycles. The van der Waals surface area contributed by atoms with Gasteiger partial charge in [-0.1, -0.05) is 13.8 Å². The molecule has 3 unspecified atom stereocenters. The summed E-state index contributed by atoms with van der Waals surface area (Å²) in [7, 11) is 0. The Hall–Kier alpha value is -0.570. The van der Waals surface area contributed by atoms with Crippen LogP contribution >= 0.6 is 0 Å². The van der Waals surface area contributed by atoms with Gasteiger partial charge < -0.3 is 10.6 Å². The highest BCUT2D eigenvalue weighted by Crippen LogP contribution is 2.44. The molecule has 1 amide bonds. The predicted octanol–water partition coefficient (Wildman–Crippen LogP) is 0.0579. The maximum atomic E-state index is 11.5. The van der Waals surface area contributed by atoms with E-state index in [0.717, 1.165) is 13.1 Å². The molecular weight excluding hydrogens is 152 g/mol. The third-order valence-electron chi connectivity index (χ3n) is 2.84. The molecule has 0 spiro atoms. The molecule has 2 rings (SSSR count). The lowest BCUT2D eigenvalue weighted by Gasteiger charge is -2.21. The number of rotatable bonds is 2. The summed E-state index contributed by atoms with van der Waals surface area (Å²) >= 11 is 0. The van der Waals surface area contributed by atoms with Crippen LogP contribution in [0, 0.1) is 17.8 Å². The normalized spacial score (nSPS) is 39.2. The van der Waals surface area contributed by atoms with Gasteiger partial charge in [-0.2, -0.15) is 0 Å². The van der Waals surface area contributed by atoms with E-state index in [4.69, 9.17) is 5.73 Å². The Balaban J connectivity index is 1.93. The van der Waals surface area contributed by atoms with E-state index in [0.29, 0.717) is 17.7 Å². The zero-order valence-electron chi connectivity index (χ0n) is 7.66. The molecule has 3 heteroatoms. The summed E-state index contributed by atoms with van der Waals surface area (Å²) < 4.78 is 0. The summed E-state index contributed by atoms with van der Waals surface area (Å²) in [6, 6.07) is 0.181. The topological polar surface area (TPSA) is 46.3 Å². The van der Waals surface area contributed by atoms with E-state index in [9.17, 15) is 4.79 Å². The Kier molecular flexibility index (Phi) is 1.65. The molecule has 12 heavy (non-hydrogen) atoms. The van der Waals surface area contributed by atoms with Crippen LogP contribution in [0.15, 0.2) is 0 Å². The lowest BCUT2D eigenvalue weighted by molar-refractivity contribution is -0.130. The van der Waals surface area contributed by atoms with Gasteiger partial charge in [0.2, 0.25) is 5.91 Å². The van der Waals surface area contributed by atoms with E-state index in [-0.39, 0.29) is 12.0 Å². The van der Waals surface area contributed by atoms with Crippen LogP contribution in [-0.4, -0.2) is 29.9 Å². The average molecular weight is 168 g/mol.